The Morgan fingerprint density at radius 1 is 1.24 bits per heavy atom. The number of likely N-dealkylation sites (tertiary alicyclic amines) is 1. The van der Waals surface area contributed by atoms with Gasteiger partial charge in [-0.25, -0.2) is 4.79 Å². The topological polar surface area (TPSA) is 78.9 Å². The van der Waals surface area contributed by atoms with E-state index >= 15 is 0 Å². The molecule has 0 bridgehead atoms. The lowest BCUT2D eigenvalue weighted by Crippen LogP contribution is -2.52. The molecule has 0 aromatic rings. The monoisotopic (exact) mass is 298 g/mol. The van der Waals surface area contributed by atoms with Crippen molar-refractivity contribution in [3.05, 3.63) is 0 Å². The van der Waals surface area contributed by atoms with Gasteiger partial charge in [0, 0.05) is 26.1 Å². The smallest absolute Gasteiger partial charge is 0.317 e. The zero-order valence-electron chi connectivity index (χ0n) is 12.7. The lowest BCUT2D eigenvalue weighted by atomic mass is 9.98. The van der Waals surface area contributed by atoms with Crippen LogP contribution >= 0.6 is 0 Å². The number of urea groups is 1. The van der Waals surface area contributed by atoms with Crippen LogP contribution in [0.4, 0.5) is 4.79 Å². The van der Waals surface area contributed by atoms with Crippen molar-refractivity contribution in [1.29, 1.82) is 0 Å². The number of rotatable bonds is 5. The summed E-state index contributed by atoms with van der Waals surface area (Å²) >= 11 is 0. The van der Waals surface area contributed by atoms with E-state index in [-0.39, 0.29) is 30.6 Å². The molecule has 3 atom stereocenters. The summed E-state index contributed by atoms with van der Waals surface area (Å²) in [6.45, 7) is 0.723. The average Bonchev–Trinajstić information content (AvgIpc) is 2.92. The number of aliphatic carboxylic acids is 1. The van der Waals surface area contributed by atoms with E-state index in [0.29, 0.717) is 6.42 Å². The molecular weight excluding hydrogens is 272 g/mol. The highest BCUT2D eigenvalue weighted by molar-refractivity contribution is 5.75. The molecule has 2 fully saturated rings. The molecule has 0 spiro atoms. The van der Waals surface area contributed by atoms with Crippen LogP contribution in [0.1, 0.15) is 51.4 Å². The second kappa shape index (κ2) is 7.64. The second-order valence-corrected chi connectivity index (χ2v) is 6.04. The first-order valence-corrected chi connectivity index (χ1v) is 7.93. The Bertz CT molecular complexity index is 375. The van der Waals surface area contributed by atoms with Crippen LogP contribution in [0, 0.1) is 0 Å². The van der Waals surface area contributed by atoms with E-state index in [2.05, 4.69) is 5.32 Å². The Balaban J connectivity index is 1.90. The van der Waals surface area contributed by atoms with Gasteiger partial charge in [-0.3, -0.25) is 4.79 Å². The number of ether oxygens (including phenoxy) is 1. The number of carboxylic acids is 1. The van der Waals surface area contributed by atoms with E-state index in [1.165, 1.54) is 0 Å². The number of piperidine rings is 1. The fourth-order valence-electron chi connectivity index (χ4n) is 3.47. The lowest BCUT2D eigenvalue weighted by Gasteiger charge is -2.36. The molecule has 1 saturated heterocycles. The van der Waals surface area contributed by atoms with Crippen LogP contribution in [0.3, 0.4) is 0 Å². The number of nitrogens with one attached hydrogen (secondary N) is 1. The summed E-state index contributed by atoms with van der Waals surface area (Å²) in [6.07, 6.45) is 6.76. The predicted molar refractivity (Wildman–Crippen MR) is 78.2 cm³/mol. The number of amides is 2. The Morgan fingerprint density at radius 2 is 2.05 bits per heavy atom. The van der Waals surface area contributed by atoms with Gasteiger partial charge >= 0.3 is 12.0 Å². The van der Waals surface area contributed by atoms with E-state index in [1.54, 1.807) is 7.11 Å². The van der Waals surface area contributed by atoms with Gasteiger partial charge in [0.05, 0.1) is 12.1 Å². The molecule has 120 valence electrons. The number of hydrogen-bond acceptors (Lipinski definition) is 3. The van der Waals surface area contributed by atoms with E-state index in [0.717, 1.165) is 45.1 Å². The summed E-state index contributed by atoms with van der Waals surface area (Å²) in [5, 5.41) is 11.9. The molecule has 6 heteroatoms. The van der Waals surface area contributed by atoms with Crippen molar-refractivity contribution in [3.63, 3.8) is 0 Å². The molecule has 1 aliphatic carbocycles. The second-order valence-electron chi connectivity index (χ2n) is 6.04. The molecule has 2 rings (SSSR count). The highest BCUT2D eigenvalue weighted by Crippen LogP contribution is 2.24. The zero-order valence-corrected chi connectivity index (χ0v) is 12.7. The molecule has 6 nitrogen and oxygen atoms in total. The summed E-state index contributed by atoms with van der Waals surface area (Å²) in [4.78, 5) is 25.1. The molecule has 2 N–H and O–H groups in total. The predicted octanol–water partition coefficient (Wildman–Crippen LogP) is 1.98. The molecule has 21 heavy (non-hydrogen) atoms. The van der Waals surface area contributed by atoms with Crippen LogP contribution in [0.25, 0.3) is 0 Å². The zero-order chi connectivity index (χ0) is 15.2. The van der Waals surface area contributed by atoms with E-state index in [1.807, 2.05) is 4.90 Å². The minimum Gasteiger partial charge on any atom is -0.481 e. The molecule has 2 aliphatic rings. The minimum absolute atomic E-state index is 0.0530. The molecule has 1 heterocycles. The van der Waals surface area contributed by atoms with Crippen LogP contribution < -0.4 is 5.32 Å². The van der Waals surface area contributed by atoms with E-state index in [9.17, 15) is 9.59 Å². The molecule has 0 radical (unpaired) electrons. The first-order chi connectivity index (χ1) is 10.1. The standard InChI is InChI=1S/C15H26N2O4/c1-21-13-7-4-6-12(13)16-15(20)17-10-3-2-5-11(17)8-9-14(18)19/h11-13H,2-10H2,1H3,(H,16,20)(H,18,19). The van der Waals surface area contributed by atoms with Crippen molar-refractivity contribution in [1.82, 2.24) is 10.2 Å². The fraction of sp³-hybridized carbons (Fsp3) is 0.867. The molecule has 3 unspecified atom stereocenters. The summed E-state index contributed by atoms with van der Waals surface area (Å²) < 4.78 is 5.41. The van der Waals surface area contributed by atoms with Gasteiger partial charge in [-0.2, -0.15) is 0 Å². The SMILES string of the molecule is COC1CCCC1NC(=O)N1CCCCC1CCC(=O)O. The van der Waals surface area contributed by atoms with Crippen molar-refractivity contribution in [2.75, 3.05) is 13.7 Å². The van der Waals surface area contributed by atoms with Crippen molar-refractivity contribution in [2.45, 2.75) is 69.6 Å². The van der Waals surface area contributed by atoms with E-state index < -0.39 is 5.97 Å². The third-order valence-electron chi connectivity index (χ3n) is 4.64. The highest BCUT2D eigenvalue weighted by atomic mass is 16.5. The molecule has 1 saturated carbocycles. The highest BCUT2D eigenvalue weighted by Gasteiger charge is 2.32. The number of nitrogens with zero attached hydrogens (tertiary/aromatic N) is 1. The third-order valence-corrected chi connectivity index (χ3v) is 4.64. The van der Waals surface area contributed by atoms with Crippen molar-refractivity contribution >= 4 is 12.0 Å². The molecule has 0 aromatic carbocycles. The van der Waals surface area contributed by atoms with Gasteiger partial charge in [-0.15, -0.1) is 0 Å². The Kier molecular flexibility index (Phi) is 5.85. The van der Waals surface area contributed by atoms with Gasteiger partial charge in [-0.1, -0.05) is 0 Å². The van der Waals surface area contributed by atoms with Crippen LogP contribution in [0.15, 0.2) is 0 Å². The molecular formula is C15H26N2O4. The normalized spacial score (nSPS) is 29.4. The summed E-state index contributed by atoms with van der Waals surface area (Å²) in [6, 6.07) is 0.0841. The quantitative estimate of drug-likeness (QED) is 0.813. The molecule has 0 aromatic heterocycles. The van der Waals surface area contributed by atoms with Crippen LogP contribution in [0.2, 0.25) is 0 Å². The largest absolute Gasteiger partial charge is 0.481 e. The number of methoxy groups -OCH3 is 1. The number of carbonyl (C=O) groups is 2. The Morgan fingerprint density at radius 3 is 2.76 bits per heavy atom. The summed E-state index contributed by atoms with van der Waals surface area (Å²) in [5.41, 5.74) is 0. The van der Waals surface area contributed by atoms with Crippen LogP contribution in [-0.4, -0.2) is 53.8 Å². The van der Waals surface area contributed by atoms with Gasteiger partial charge in [0.2, 0.25) is 0 Å². The van der Waals surface area contributed by atoms with Gasteiger partial charge in [0.15, 0.2) is 0 Å². The number of hydrogen-bond donors (Lipinski definition) is 2. The van der Waals surface area contributed by atoms with E-state index in [4.69, 9.17) is 9.84 Å². The maximum atomic E-state index is 12.5. The van der Waals surface area contributed by atoms with Crippen molar-refractivity contribution in [3.8, 4) is 0 Å². The van der Waals surface area contributed by atoms with Crippen LogP contribution in [-0.2, 0) is 9.53 Å². The maximum absolute atomic E-state index is 12.5. The molecule has 1 aliphatic heterocycles. The van der Waals surface area contributed by atoms with Gasteiger partial charge in [0.25, 0.3) is 0 Å². The third kappa shape index (κ3) is 4.33. The molecule has 2 amide bonds. The summed E-state index contributed by atoms with van der Waals surface area (Å²) in [5.74, 6) is -0.795. The van der Waals surface area contributed by atoms with Gasteiger partial charge in [0.1, 0.15) is 0 Å². The van der Waals surface area contributed by atoms with Crippen molar-refractivity contribution in [2.24, 2.45) is 0 Å². The average molecular weight is 298 g/mol. The first kappa shape index (κ1) is 16.1. The maximum Gasteiger partial charge on any atom is 0.317 e. The van der Waals surface area contributed by atoms with Gasteiger partial charge in [-0.05, 0) is 44.9 Å². The Hall–Kier alpha value is -1.30. The number of carbonyl (C=O) groups excluding carboxylic acids is 1. The summed E-state index contributed by atoms with van der Waals surface area (Å²) in [7, 11) is 1.69. The van der Waals surface area contributed by atoms with Gasteiger partial charge < -0.3 is 20.1 Å². The van der Waals surface area contributed by atoms with Crippen molar-refractivity contribution < 1.29 is 19.4 Å². The number of carboxylic acid groups (broad SMARTS) is 1. The lowest BCUT2D eigenvalue weighted by molar-refractivity contribution is -0.137. The van der Waals surface area contributed by atoms with Crippen LogP contribution in [0.5, 0.6) is 0 Å². The minimum atomic E-state index is -0.795. The first-order valence-electron chi connectivity index (χ1n) is 7.93. The Labute approximate surface area is 125 Å². The fourth-order valence-corrected chi connectivity index (χ4v) is 3.47.